The molecule has 1 amide bonds. The maximum absolute atomic E-state index is 14.9. The molecule has 0 fully saturated rings. The topological polar surface area (TPSA) is 43.7 Å². The van der Waals surface area contributed by atoms with Gasteiger partial charge in [-0.2, -0.15) is 0 Å². The predicted molar refractivity (Wildman–Crippen MR) is 124 cm³/mol. The summed E-state index contributed by atoms with van der Waals surface area (Å²) in [7, 11) is 4.89. The average molecular weight is 455 g/mol. The normalized spacial score (nSPS) is 12.7. The molecule has 7 heteroatoms. The molecule has 3 aromatic rings. The fourth-order valence-electron chi connectivity index (χ4n) is 4.22. The number of carbonyl (C=O) groups excluding carboxylic acids is 1. The van der Waals surface area contributed by atoms with Crippen LogP contribution in [0.15, 0.2) is 36.4 Å². The molecule has 2 heterocycles. The Hall–Kier alpha value is -3.35. The fraction of sp³-hybridized carbons (Fsp3) is 0.346. The summed E-state index contributed by atoms with van der Waals surface area (Å²) >= 11 is 0. The molecule has 2 aromatic carbocycles. The summed E-state index contributed by atoms with van der Waals surface area (Å²) < 4.78 is 41.5. The van der Waals surface area contributed by atoms with E-state index in [2.05, 4.69) is 0 Å². The van der Waals surface area contributed by atoms with Gasteiger partial charge in [-0.3, -0.25) is 4.79 Å². The van der Waals surface area contributed by atoms with Crippen LogP contribution in [0.25, 0.3) is 22.4 Å². The molecule has 0 spiro atoms. The van der Waals surface area contributed by atoms with Crippen LogP contribution in [-0.2, 0) is 13.0 Å². The number of hydrogen-bond donors (Lipinski definition) is 0. The first-order valence-corrected chi connectivity index (χ1v) is 10.8. The zero-order valence-electron chi connectivity index (χ0n) is 19.8. The summed E-state index contributed by atoms with van der Waals surface area (Å²) in [6, 6.07) is 8.98. The third-order valence-corrected chi connectivity index (χ3v) is 6.32. The van der Waals surface area contributed by atoms with Gasteiger partial charge in [-0.25, -0.2) is 8.78 Å². The molecule has 5 nitrogen and oxygen atoms in total. The van der Waals surface area contributed by atoms with E-state index in [0.29, 0.717) is 41.4 Å². The van der Waals surface area contributed by atoms with E-state index in [4.69, 9.17) is 9.47 Å². The fourth-order valence-corrected chi connectivity index (χ4v) is 4.22. The standard InChI is InChI=1S/C26H28F2N2O3/c1-26(2,3)29(4)25(31)21-13-19(17-8-7-16(27)12-20(17)28)24-18-14-23(33-6)22(32-5)11-15(18)9-10-30(21)24/h7-8,11-14H,9-10H2,1-6H3. The third-order valence-electron chi connectivity index (χ3n) is 6.32. The zero-order chi connectivity index (χ0) is 24.1. The number of fused-ring (bicyclic) bond motifs is 3. The van der Waals surface area contributed by atoms with Crippen molar-refractivity contribution in [2.24, 2.45) is 0 Å². The lowest BCUT2D eigenvalue weighted by Gasteiger charge is -2.32. The van der Waals surface area contributed by atoms with Gasteiger partial charge in [0.2, 0.25) is 0 Å². The van der Waals surface area contributed by atoms with Crippen LogP contribution in [0.2, 0.25) is 0 Å². The van der Waals surface area contributed by atoms with E-state index in [1.807, 2.05) is 37.5 Å². The van der Waals surface area contributed by atoms with Crippen molar-refractivity contribution >= 4 is 5.91 Å². The summed E-state index contributed by atoms with van der Waals surface area (Å²) in [6.45, 7) is 6.41. The Labute approximate surface area is 192 Å². The van der Waals surface area contributed by atoms with Gasteiger partial charge in [-0.15, -0.1) is 0 Å². The van der Waals surface area contributed by atoms with Crippen LogP contribution in [0.1, 0.15) is 36.8 Å². The Morgan fingerprint density at radius 3 is 2.24 bits per heavy atom. The summed E-state index contributed by atoms with van der Waals surface area (Å²) in [6.07, 6.45) is 0.669. The maximum atomic E-state index is 14.9. The lowest BCUT2D eigenvalue weighted by molar-refractivity contribution is 0.0644. The number of methoxy groups -OCH3 is 2. The lowest BCUT2D eigenvalue weighted by atomic mass is 9.93. The first kappa shape index (κ1) is 22.8. The van der Waals surface area contributed by atoms with Gasteiger partial charge in [0, 0.05) is 41.9 Å². The van der Waals surface area contributed by atoms with E-state index in [-0.39, 0.29) is 11.5 Å². The SMILES string of the molecule is COc1cc2c(cc1OC)-c1c(-c3ccc(F)cc3F)cc(C(=O)N(C)C(C)(C)C)n1CC2. The van der Waals surface area contributed by atoms with E-state index < -0.39 is 17.2 Å². The molecule has 0 unspecified atom stereocenters. The van der Waals surface area contributed by atoms with Crippen molar-refractivity contribution < 1.29 is 23.0 Å². The van der Waals surface area contributed by atoms with E-state index in [1.165, 1.54) is 12.1 Å². The molecule has 0 saturated carbocycles. The Bertz CT molecular complexity index is 1240. The van der Waals surface area contributed by atoms with E-state index >= 15 is 0 Å². The average Bonchev–Trinajstić information content (AvgIpc) is 3.16. The summed E-state index contributed by atoms with van der Waals surface area (Å²) in [5, 5.41) is 0. The highest BCUT2D eigenvalue weighted by atomic mass is 19.1. The quantitative estimate of drug-likeness (QED) is 0.520. The number of benzene rings is 2. The van der Waals surface area contributed by atoms with Gasteiger partial charge < -0.3 is 18.9 Å². The van der Waals surface area contributed by atoms with Crippen LogP contribution in [0.5, 0.6) is 11.5 Å². The minimum Gasteiger partial charge on any atom is -0.493 e. The van der Waals surface area contributed by atoms with Gasteiger partial charge >= 0.3 is 0 Å². The molecule has 4 rings (SSSR count). The van der Waals surface area contributed by atoms with E-state index in [9.17, 15) is 13.6 Å². The van der Waals surface area contributed by atoms with E-state index in [0.717, 1.165) is 17.2 Å². The zero-order valence-corrected chi connectivity index (χ0v) is 19.8. The number of ether oxygens (including phenoxy) is 2. The third kappa shape index (κ3) is 3.86. The molecule has 33 heavy (non-hydrogen) atoms. The minimum absolute atomic E-state index is 0.165. The van der Waals surface area contributed by atoms with Crippen LogP contribution in [0.3, 0.4) is 0 Å². The maximum Gasteiger partial charge on any atom is 0.270 e. The van der Waals surface area contributed by atoms with Crippen LogP contribution in [0, 0.1) is 11.6 Å². The van der Waals surface area contributed by atoms with Gasteiger partial charge in [-0.05, 0) is 63.1 Å². The van der Waals surface area contributed by atoms with Gasteiger partial charge in [0.25, 0.3) is 5.91 Å². The number of aromatic nitrogens is 1. The molecular formula is C26H28F2N2O3. The molecular weight excluding hydrogens is 426 g/mol. The van der Waals surface area contributed by atoms with Crippen molar-refractivity contribution in [2.45, 2.75) is 39.3 Å². The molecule has 1 aliphatic rings. The Balaban J connectivity index is 2.01. The Morgan fingerprint density at radius 2 is 1.64 bits per heavy atom. The minimum atomic E-state index is -0.681. The van der Waals surface area contributed by atoms with Crippen LogP contribution < -0.4 is 9.47 Å². The second-order valence-electron chi connectivity index (χ2n) is 9.22. The van der Waals surface area contributed by atoms with Crippen molar-refractivity contribution in [3.63, 3.8) is 0 Å². The van der Waals surface area contributed by atoms with Crippen molar-refractivity contribution in [3.8, 4) is 33.9 Å². The van der Waals surface area contributed by atoms with Gasteiger partial charge in [0.15, 0.2) is 11.5 Å². The van der Waals surface area contributed by atoms with Gasteiger partial charge in [0.1, 0.15) is 17.3 Å². The number of amides is 1. The molecule has 174 valence electrons. The molecule has 0 aliphatic carbocycles. The van der Waals surface area contributed by atoms with Crippen molar-refractivity contribution in [3.05, 3.63) is 59.3 Å². The number of hydrogen-bond acceptors (Lipinski definition) is 3. The Morgan fingerprint density at radius 1 is 0.970 bits per heavy atom. The second-order valence-corrected chi connectivity index (χ2v) is 9.22. The molecule has 1 aliphatic heterocycles. The number of aryl methyl sites for hydroxylation is 1. The Kier molecular flexibility index (Phi) is 5.68. The number of rotatable bonds is 4. The number of carbonyl (C=O) groups is 1. The van der Waals surface area contributed by atoms with Crippen molar-refractivity contribution in [1.29, 1.82) is 0 Å². The summed E-state index contributed by atoms with van der Waals surface area (Å²) in [5.74, 6) is -0.355. The van der Waals surface area contributed by atoms with Gasteiger partial charge in [0.05, 0.1) is 19.9 Å². The number of nitrogens with zero attached hydrogens (tertiary/aromatic N) is 2. The van der Waals surface area contributed by atoms with Gasteiger partial charge in [-0.1, -0.05) is 0 Å². The molecule has 0 radical (unpaired) electrons. The molecule has 0 saturated heterocycles. The largest absolute Gasteiger partial charge is 0.493 e. The lowest BCUT2D eigenvalue weighted by Crippen LogP contribution is -2.43. The monoisotopic (exact) mass is 454 g/mol. The van der Waals surface area contributed by atoms with Crippen LogP contribution in [-0.4, -0.2) is 42.2 Å². The molecule has 0 N–H and O–H groups in total. The molecule has 0 bridgehead atoms. The highest BCUT2D eigenvalue weighted by Crippen LogP contribution is 2.45. The molecule has 1 aromatic heterocycles. The van der Waals surface area contributed by atoms with Crippen LogP contribution >= 0.6 is 0 Å². The highest BCUT2D eigenvalue weighted by molar-refractivity contribution is 5.99. The number of halogens is 2. The molecule has 0 atom stereocenters. The smallest absolute Gasteiger partial charge is 0.270 e. The van der Waals surface area contributed by atoms with Crippen molar-refractivity contribution in [1.82, 2.24) is 9.47 Å². The van der Waals surface area contributed by atoms with Crippen LogP contribution in [0.4, 0.5) is 8.78 Å². The predicted octanol–water partition coefficient (Wildman–Crippen LogP) is 5.54. The second kappa shape index (κ2) is 8.21. The first-order chi connectivity index (χ1) is 15.6. The summed E-state index contributed by atoms with van der Waals surface area (Å²) in [4.78, 5) is 15.2. The van der Waals surface area contributed by atoms with Crippen molar-refractivity contribution in [2.75, 3.05) is 21.3 Å². The summed E-state index contributed by atoms with van der Waals surface area (Å²) in [5.41, 5.74) is 3.37. The van der Waals surface area contributed by atoms with E-state index in [1.54, 1.807) is 32.2 Å². The first-order valence-electron chi connectivity index (χ1n) is 10.8. The highest BCUT2D eigenvalue weighted by Gasteiger charge is 2.32.